The molecule has 5 nitrogen and oxygen atoms in total. The molecule has 0 saturated carbocycles. The molecule has 0 spiro atoms. The fourth-order valence-electron chi connectivity index (χ4n) is 2.32. The van der Waals surface area contributed by atoms with Crippen LogP contribution in [0.3, 0.4) is 0 Å². The molecule has 7 heteroatoms. The van der Waals surface area contributed by atoms with E-state index in [1.54, 1.807) is 28.4 Å². The van der Waals surface area contributed by atoms with E-state index in [4.69, 9.17) is 22.8 Å². The zero-order valence-corrected chi connectivity index (χ0v) is 13.5. The molecule has 0 aliphatic carbocycles. The molecule has 1 aliphatic rings. The van der Waals surface area contributed by atoms with Crippen LogP contribution in [-0.2, 0) is 22.8 Å². The maximum absolute atomic E-state index is 6.03. The minimum absolute atomic E-state index is 0.603. The van der Waals surface area contributed by atoms with Gasteiger partial charge in [0.25, 0.3) is 5.97 Å². The van der Waals surface area contributed by atoms with Gasteiger partial charge in [-0.05, 0) is 6.04 Å². The quantitative estimate of drug-likeness (QED) is 0.549. The number of hydrogen-bond donors (Lipinski definition) is 0. The smallest absolute Gasteiger partial charge is 0.379 e. The molecule has 1 rings (SSSR count). The molecule has 0 radical (unpaired) electrons. The van der Waals surface area contributed by atoms with Crippen molar-refractivity contribution in [3.05, 3.63) is 24.6 Å². The molecule has 0 aromatic heterocycles. The van der Waals surface area contributed by atoms with Gasteiger partial charge < -0.3 is 22.8 Å². The first-order chi connectivity index (χ1) is 8.53. The average Bonchev–Trinajstić information content (AvgIpc) is 2.46. The minimum Gasteiger partial charge on any atom is -0.379 e. The van der Waals surface area contributed by atoms with Gasteiger partial charge in [-0.1, -0.05) is 11.4 Å². The predicted octanol–water partition coefficient (Wildman–Crippen LogP) is 1.56. The molecule has 0 amide bonds. The summed E-state index contributed by atoms with van der Waals surface area (Å²) in [4.78, 5) is 0. The average molecular weight is 290 g/mol. The van der Waals surface area contributed by atoms with E-state index < -0.39 is 21.9 Å². The lowest BCUT2D eigenvalue weighted by Gasteiger charge is -2.49. The Labute approximate surface area is 110 Å². The van der Waals surface area contributed by atoms with Crippen LogP contribution in [0.1, 0.15) is 6.42 Å². The van der Waals surface area contributed by atoms with Crippen LogP contribution < -0.4 is 0 Å². The van der Waals surface area contributed by atoms with Crippen molar-refractivity contribution in [1.82, 2.24) is 0 Å². The van der Waals surface area contributed by atoms with E-state index in [1.807, 2.05) is 11.4 Å². The van der Waals surface area contributed by atoms with E-state index in [0.717, 1.165) is 6.04 Å². The molecular formula is C11H22O5Si2. The second-order valence-corrected chi connectivity index (χ2v) is 14.3. The van der Waals surface area contributed by atoms with E-state index in [-0.39, 0.29) is 0 Å². The van der Waals surface area contributed by atoms with Crippen LogP contribution in [0.25, 0.3) is 0 Å². The fourth-order valence-corrected chi connectivity index (χ4v) is 12.5. The zero-order valence-electron chi connectivity index (χ0n) is 11.5. The van der Waals surface area contributed by atoms with Crippen molar-refractivity contribution >= 4 is 15.9 Å². The summed E-state index contributed by atoms with van der Waals surface area (Å²) in [5.41, 5.74) is 3.82. The molecule has 104 valence electrons. The summed E-state index contributed by atoms with van der Waals surface area (Å²) in [6, 6.07) is 0.815. The highest BCUT2D eigenvalue weighted by atomic mass is 29.3. The molecule has 0 aromatic carbocycles. The van der Waals surface area contributed by atoms with Gasteiger partial charge in [0.1, 0.15) is 0 Å². The first-order valence-electron chi connectivity index (χ1n) is 5.71. The molecule has 0 N–H and O–H groups in total. The maximum Gasteiger partial charge on any atom is 0.483 e. The monoisotopic (exact) mass is 290 g/mol. The Balaban J connectivity index is 3.22. The second-order valence-electron chi connectivity index (χ2n) is 4.11. The molecule has 1 aliphatic heterocycles. The van der Waals surface area contributed by atoms with Crippen molar-refractivity contribution < 1.29 is 22.8 Å². The second kappa shape index (κ2) is 5.78. The van der Waals surface area contributed by atoms with Crippen LogP contribution in [0.4, 0.5) is 0 Å². The summed E-state index contributed by atoms with van der Waals surface area (Å²) in [5.74, 6) is -1.10. The van der Waals surface area contributed by atoms with Crippen LogP contribution in [0.15, 0.2) is 24.6 Å². The van der Waals surface area contributed by atoms with E-state index in [0.29, 0.717) is 6.42 Å². The molecular weight excluding hydrogens is 268 g/mol. The Bertz CT molecular complexity index is 305. The van der Waals surface area contributed by atoms with Crippen molar-refractivity contribution in [2.45, 2.75) is 18.4 Å². The zero-order chi connectivity index (χ0) is 13.9. The van der Waals surface area contributed by atoms with Gasteiger partial charge in [-0.25, -0.2) is 0 Å². The SMILES string of the molecule is C=C[Si]1(C=C)CCC(OC)(OC)O[Si]1(OC)OC. The van der Waals surface area contributed by atoms with Crippen molar-refractivity contribution in [3.63, 3.8) is 0 Å². The summed E-state index contributed by atoms with van der Waals surface area (Å²) < 4.78 is 28.0. The third kappa shape index (κ3) is 2.16. The van der Waals surface area contributed by atoms with Gasteiger partial charge in [-0.15, -0.1) is 13.2 Å². The molecule has 0 bridgehead atoms. The van der Waals surface area contributed by atoms with Crippen LogP contribution in [0.2, 0.25) is 6.04 Å². The van der Waals surface area contributed by atoms with E-state index >= 15 is 0 Å². The highest BCUT2D eigenvalue weighted by Crippen LogP contribution is 2.41. The lowest BCUT2D eigenvalue weighted by molar-refractivity contribution is -0.339. The summed E-state index contributed by atoms with van der Waals surface area (Å²) in [5, 5.41) is 0. The highest BCUT2D eigenvalue weighted by molar-refractivity contribution is 7.39. The van der Waals surface area contributed by atoms with Crippen molar-refractivity contribution in [3.8, 4) is 0 Å². The standard InChI is InChI=1S/C11H22O5Si2/c1-7-17(8-2)10-9-11(12-3,13-4)16-18(17,14-5)15-6/h7-8H,1-2,9-10H2,3-6H3. The highest BCUT2D eigenvalue weighted by Gasteiger charge is 2.66. The van der Waals surface area contributed by atoms with Gasteiger partial charge in [0, 0.05) is 34.9 Å². The van der Waals surface area contributed by atoms with Crippen LogP contribution >= 0.6 is 0 Å². The molecule has 0 unspecified atom stereocenters. The third-order valence-electron chi connectivity index (χ3n) is 3.59. The number of methoxy groups -OCH3 is 2. The van der Waals surface area contributed by atoms with Gasteiger partial charge >= 0.3 is 8.32 Å². The van der Waals surface area contributed by atoms with E-state index in [1.165, 1.54) is 0 Å². The van der Waals surface area contributed by atoms with Crippen LogP contribution in [0, 0.1) is 0 Å². The summed E-state index contributed by atoms with van der Waals surface area (Å²) >= 11 is 0. The number of hydrogen-bond acceptors (Lipinski definition) is 5. The molecule has 0 atom stereocenters. The van der Waals surface area contributed by atoms with Gasteiger partial charge in [-0.3, -0.25) is 0 Å². The van der Waals surface area contributed by atoms with Crippen molar-refractivity contribution in [2.75, 3.05) is 28.4 Å². The summed E-state index contributed by atoms with van der Waals surface area (Å²) in [6.45, 7) is 7.84. The maximum atomic E-state index is 6.03. The number of ether oxygens (including phenoxy) is 2. The lowest BCUT2D eigenvalue weighted by Crippen LogP contribution is -2.73. The fraction of sp³-hybridized carbons (Fsp3) is 0.636. The molecule has 0 aromatic rings. The largest absolute Gasteiger partial charge is 0.483 e. The first kappa shape index (κ1) is 15.8. The van der Waals surface area contributed by atoms with Crippen molar-refractivity contribution in [2.24, 2.45) is 0 Å². The van der Waals surface area contributed by atoms with E-state index in [9.17, 15) is 0 Å². The van der Waals surface area contributed by atoms with Gasteiger partial charge in [0.2, 0.25) is 0 Å². The summed E-state index contributed by atoms with van der Waals surface area (Å²) in [7, 11) is 1.14. The van der Waals surface area contributed by atoms with E-state index in [2.05, 4.69) is 13.2 Å². The minimum atomic E-state index is -2.93. The van der Waals surface area contributed by atoms with Gasteiger partial charge in [0.15, 0.2) is 7.59 Å². The molecule has 1 saturated heterocycles. The van der Waals surface area contributed by atoms with Crippen LogP contribution in [-0.4, -0.2) is 50.3 Å². The first-order valence-corrected chi connectivity index (χ1v) is 10.8. The van der Waals surface area contributed by atoms with Gasteiger partial charge in [-0.2, -0.15) is 0 Å². The molecule has 1 heterocycles. The number of rotatable bonds is 6. The Kier molecular flexibility index (Phi) is 5.07. The lowest BCUT2D eigenvalue weighted by atomic mass is 10.4. The summed E-state index contributed by atoms with van der Waals surface area (Å²) in [6.07, 6.45) is 0.603. The van der Waals surface area contributed by atoms with Gasteiger partial charge in [0.05, 0.1) is 0 Å². The Morgan fingerprint density at radius 3 is 1.89 bits per heavy atom. The Hall–Kier alpha value is -0.286. The third-order valence-corrected chi connectivity index (χ3v) is 15.8. The normalized spacial score (nSPS) is 24.4. The topological polar surface area (TPSA) is 46.2 Å². The molecule has 1 fully saturated rings. The Morgan fingerprint density at radius 2 is 1.56 bits per heavy atom. The Morgan fingerprint density at radius 1 is 1.06 bits per heavy atom. The molecule has 18 heavy (non-hydrogen) atoms. The predicted molar refractivity (Wildman–Crippen MR) is 73.2 cm³/mol. The van der Waals surface area contributed by atoms with Crippen molar-refractivity contribution in [1.29, 1.82) is 0 Å². The van der Waals surface area contributed by atoms with Crippen LogP contribution in [0.5, 0.6) is 0 Å².